The molecule has 0 fully saturated rings. The van der Waals surface area contributed by atoms with Gasteiger partial charge in [-0.15, -0.1) is 0 Å². The Kier molecular flexibility index (Phi) is 10.8. The molecule has 2 nitrogen and oxygen atoms in total. The Morgan fingerprint density at radius 2 is 0.942 bits per heavy atom. The quantitative estimate of drug-likeness (QED) is 0.128. The van der Waals surface area contributed by atoms with Gasteiger partial charge in [0.05, 0.1) is 5.41 Å². The van der Waals surface area contributed by atoms with Crippen molar-refractivity contribution >= 4 is 17.1 Å². The maximum Gasteiger partial charge on any atom is 0.127 e. The van der Waals surface area contributed by atoms with Crippen LogP contribution in [-0.4, -0.2) is 0 Å². The molecule has 0 heterocycles. The summed E-state index contributed by atoms with van der Waals surface area (Å²) in [6.07, 6.45) is 1.13. The van der Waals surface area contributed by atoms with E-state index >= 15 is 0 Å². The fraction of sp³-hybridized carbons (Fsp3) is 0.194. The lowest BCUT2D eigenvalue weighted by Crippen LogP contribution is -2.29. The van der Waals surface area contributed by atoms with Crippen molar-refractivity contribution in [3.63, 3.8) is 0 Å². The Labute approximate surface area is 409 Å². The third kappa shape index (κ3) is 7.58. The largest absolute Gasteiger partial charge is 0.457 e. The lowest BCUT2D eigenvalue weighted by molar-refractivity contribution is 0.399. The molecule has 1 atom stereocenters. The first-order valence-electron chi connectivity index (χ1n) is 24.7. The molecule has 2 aliphatic rings. The molecule has 69 heavy (non-hydrogen) atoms. The van der Waals surface area contributed by atoms with Gasteiger partial charge in [0.2, 0.25) is 0 Å². The molecule has 2 heteroatoms. The zero-order chi connectivity index (χ0) is 47.7. The van der Waals surface area contributed by atoms with Crippen LogP contribution in [0.4, 0.5) is 17.1 Å². The van der Waals surface area contributed by atoms with Crippen LogP contribution >= 0.6 is 0 Å². The summed E-state index contributed by atoms with van der Waals surface area (Å²) in [4.78, 5) is 2.47. The lowest BCUT2D eigenvalue weighted by Gasteiger charge is -2.35. The van der Waals surface area contributed by atoms with Crippen molar-refractivity contribution in [2.24, 2.45) is 5.92 Å². The van der Waals surface area contributed by atoms with Crippen molar-refractivity contribution in [3.05, 3.63) is 256 Å². The summed E-state index contributed by atoms with van der Waals surface area (Å²) < 4.78 is 6.61. The molecule has 0 spiro atoms. The summed E-state index contributed by atoms with van der Waals surface area (Å²) in [6.45, 7) is 18.5. The Morgan fingerprint density at radius 1 is 0.449 bits per heavy atom. The molecule has 9 aromatic carbocycles. The van der Waals surface area contributed by atoms with Crippen LogP contribution in [0.1, 0.15) is 98.0 Å². The number of ether oxygens (including phenoxy) is 1. The molecule has 0 amide bonds. The highest BCUT2D eigenvalue weighted by molar-refractivity contribution is 5.91. The van der Waals surface area contributed by atoms with E-state index in [2.05, 4.69) is 267 Å². The highest BCUT2D eigenvalue weighted by Crippen LogP contribution is 2.58. The maximum absolute atomic E-state index is 6.61. The van der Waals surface area contributed by atoms with Gasteiger partial charge in [0.1, 0.15) is 11.5 Å². The summed E-state index contributed by atoms with van der Waals surface area (Å²) in [5, 5.41) is 0. The smallest absolute Gasteiger partial charge is 0.127 e. The second-order valence-corrected chi connectivity index (χ2v) is 21.2. The van der Waals surface area contributed by atoms with E-state index in [0.717, 1.165) is 35.0 Å². The van der Waals surface area contributed by atoms with Crippen LogP contribution in [0, 0.1) is 19.8 Å². The summed E-state index contributed by atoms with van der Waals surface area (Å²) in [6, 6.07) is 76.7. The summed E-state index contributed by atoms with van der Waals surface area (Å²) in [5.74, 6) is 2.28. The molecule has 0 N–H and O–H groups in total. The monoisotopic (exact) mass is 895 g/mol. The minimum Gasteiger partial charge on any atom is -0.457 e. The van der Waals surface area contributed by atoms with Gasteiger partial charge < -0.3 is 9.64 Å². The van der Waals surface area contributed by atoms with Gasteiger partial charge in [0, 0.05) is 22.5 Å². The number of fused-ring (bicyclic) bond motifs is 6. The summed E-state index contributed by atoms with van der Waals surface area (Å²) in [5.41, 5.74) is 21.8. The molecule has 0 aromatic heterocycles. The fourth-order valence-electron chi connectivity index (χ4n) is 12.1. The van der Waals surface area contributed by atoms with Gasteiger partial charge in [-0.1, -0.05) is 198 Å². The van der Waals surface area contributed by atoms with Gasteiger partial charge in [-0.2, -0.15) is 0 Å². The van der Waals surface area contributed by atoms with Crippen molar-refractivity contribution in [3.8, 4) is 44.9 Å². The molecule has 0 aliphatic heterocycles. The number of rotatable bonds is 11. The van der Waals surface area contributed by atoms with Crippen molar-refractivity contribution in [1.29, 1.82) is 0 Å². The van der Waals surface area contributed by atoms with Crippen molar-refractivity contribution in [1.82, 2.24) is 0 Å². The van der Waals surface area contributed by atoms with Crippen molar-refractivity contribution in [2.45, 2.75) is 78.1 Å². The maximum atomic E-state index is 6.61. The molecular weight excluding hydrogens is 835 g/mol. The minimum atomic E-state index is -0.620. The van der Waals surface area contributed by atoms with E-state index in [1.54, 1.807) is 0 Å². The van der Waals surface area contributed by atoms with Crippen molar-refractivity contribution < 1.29 is 4.74 Å². The molecule has 2 aliphatic carbocycles. The molecule has 0 bridgehead atoms. The van der Waals surface area contributed by atoms with Crippen LogP contribution in [-0.2, 0) is 16.2 Å². The van der Waals surface area contributed by atoms with Crippen molar-refractivity contribution in [2.75, 3.05) is 4.90 Å². The normalized spacial score (nSPS) is 15.3. The fourth-order valence-corrected chi connectivity index (χ4v) is 12.1. The van der Waals surface area contributed by atoms with E-state index < -0.39 is 5.41 Å². The standard InChI is InChI=1S/C67H61NO/c1-44(2)43-65(5,6)49-24-32-55(33-25-49)69-56-34-26-50(27-35-56)67(51-39-45(3)38-46(4)40-51)62-21-15-13-19-58(62)60-37-31-54(42-64(60)67)68(52-28-22-48(23-29-52)47-16-10-9-11-17-47)53-30-36-59-57-18-12-14-20-61(57)66(7,8)63(59)41-53/h9-42,44H,43H2,1-8H3. The molecule has 0 saturated carbocycles. The Balaban J connectivity index is 1.07. The lowest BCUT2D eigenvalue weighted by atomic mass is 9.67. The first-order valence-corrected chi connectivity index (χ1v) is 24.7. The van der Waals surface area contributed by atoms with Crippen LogP contribution in [0.25, 0.3) is 33.4 Å². The van der Waals surface area contributed by atoms with E-state index in [0.29, 0.717) is 5.92 Å². The van der Waals surface area contributed by atoms with Crippen LogP contribution in [0.2, 0.25) is 0 Å². The third-order valence-corrected chi connectivity index (χ3v) is 15.1. The van der Waals surface area contributed by atoms with Gasteiger partial charge in [-0.25, -0.2) is 0 Å². The number of aryl methyl sites for hydroxylation is 2. The average Bonchev–Trinajstić information content (AvgIpc) is 3.77. The van der Waals surface area contributed by atoms with Gasteiger partial charge in [-0.05, 0) is 165 Å². The van der Waals surface area contributed by atoms with E-state index in [1.807, 2.05) is 0 Å². The van der Waals surface area contributed by atoms with Gasteiger partial charge >= 0.3 is 0 Å². The Hall–Kier alpha value is -7.42. The van der Waals surface area contributed by atoms with Crippen LogP contribution in [0.5, 0.6) is 11.5 Å². The number of nitrogens with zero attached hydrogens (tertiary/aromatic N) is 1. The van der Waals surface area contributed by atoms with E-state index in [4.69, 9.17) is 4.74 Å². The highest BCUT2D eigenvalue weighted by Gasteiger charge is 2.47. The zero-order valence-corrected chi connectivity index (χ0v) is 41.3. The molecular formula is C67H61NO. The summed E-state index contributed by atoms with van der Waals surface area (Å²) >= 11 is 0. The molecule has 1 unspecified atom stereocenters. The second kappa shape index (κ2) is 17.0. The first kappa shape index (κ1) is 44.1. The molecule has 340 valence electrons. The van der Waals surface area contributed by atoms with Gasteiger partial charge in [-0.3, -0.25) is 0 Å². The molecule has 0 saturated heterocycles. The number of hydrogen-bond acceptors (Lipinski definition) is 2. The average molecular weight is 896 g/mol. The van der Waals surface area contributed by atoms with Gasteiger partial charge in [0.15, 0.2) is 0 Å². The third-order valence-electron chi connectivity index (χ3n) is 15.1. The first-order chi connectivity index (χ1) is 33.3. The number of hydrogen-bond donors (Lipinski definition) is 0. The molecule has 11 rings (SSSR count). The topological polar surface area (TPSA) is 12.5 Å². The Morgan fingerprint density at radius 3 is 1.57 bits per heavy atom. The molecule has 0 radical (unpaired) electrons. The van der Waals surface area contributed by atoms with E-state index in [1.165, 1.54) is 83.5 Å². The Bertz CT molecular complexity index is 3340. The van der Waals surface area contributed by atoms with E-state index in [9.17, 15) is 0 Å². The van der Waals surface area contributed by atoms with Crippen LogP contribution in [0.3, 0.4) is 0 Å². The minimum absolute atomic E-state index is 0.0964. The predicted octanol–water partition coefficient (Wildman–Crippen LogP) is 18.2. The highest BCUT2D eigenvalue weighted by atomic mass is 16.5. The summed E-state index contributed by atoms with van der Waals surface area (Å²) in [7, 11) is 0. The number of benzene rings is 9. The zero-order valence-electron chi connectivity index (χ0n) is 41.3. The predicted molar refractivity (Wildman–Crippen MR) is 290 cm³/mol. The molecule has 9 aromatic rings. The van der Waals surface area contributed by atoms with E-state index in [-0.39, 0.29) is 10.8 Å². The van der Waals surface area contributed by atoms with Gasteiger partial charge in [0.25, 0.3) is 0 Å². The second-order valence-electron chi connectivity index (χ2n) is 21.2. The van der Waals surface area contributed by atoms with Crippen LogP contribution in [0.15, 0.2) is 206 Å². The SMILES string of the molecule is Cc1cc(C)cc(C2(c3ccc(Oc4ccc(C(C)(C)CC(C)C)cc4)cc3)c3ccccc3-c3ccc(N(c4ccc(-c5ccccc5)cc4)c4ccc5c(c4)C(C)(C)c4ccccc4-5)cc32)c1. The van der Waals surface area contributed by atoms with Crippen LogP contribution < -0.4 is 9.64 Å². The number of anilines is 3.